The minimum absolute atomic E-state index is 0.183. The van der Waals surface area contributed by atoms with Gasteiger partial charge in [-0.05, 0) is 68.3 Å². The number of hydrogen-bond donors (Lipinski definition) is 1. The quantitative estimate of drug-likeness (QED) is 0.0615. The molecule has 0 fully saturated rings. The molecule has 0 saturated carbocycles. The number of thiophene rings is 2. The predicted molar refractivity (Wildman–Crippen MR) is 162 cm³/mol. The first-order valence-electron chi connectivity index (χ1n) is 13.2. The Bertz CT molecular complexity index is 1570. The molecule has 16 heteroatoms. The van der Waals surface area contributed by atoms with Crippen molar-refractivity contribution in [2.75, 3.05) is 13.2 Å². The predicted octanol–water partition coefficient (Wildman–Crippen LogP) is 4.92. The van der Waals surface area contributed by atoms with E-state index in [0.717, 1.165) is 0 Å². The van der Waals surface area contributed by atoms with Crippen molar-refractivity contribution in [1.82, 2.24) is 0 Å². The van der Waals surface area contributed by atoms with Gasteiger partial charge in [-0.1, -0.05) is 11.3 Å². The molecule has 1 aromatic carbocycles. The summed E-state index contributed by atoms with van der Waals surface area (Å²) in [7, 11) is 0. The summed E-state index contributed by atoms with van der Waals surface area (Å²) in [5.41, 5.74) is -1.69. The highest BCUT2D eigenvalue weighted by Crippen LogP contribution is 2.34. The van der Waals surface area contributed by atoms with Crippen molar-refractivity contribution < 1.29 is 42.9 Å². The van der Waals surface area contributed by atoms with Gasteiger partial charge in [0, 0.05) is 22.4 Å². The van der Waals surface area contributed by atoms with Gasteiger partial charge >= 0.3 is 29.8 Å². The largest absolute Gasteiger partial charge is 0.461 e. The summed E-state index contributed by atoms with van der Waals surface area (Å²) in [6, 6.07) is 5.86. The average Bonchev–Trinajstić information content (AvgIpc) is 3.75. The molecular formula is C29H30N4O10S2. The normalized spacial score (nSPS) is 12.3. The zero-order chi connectivity index (χ0) is 33.2. The molecule has 238 valence electrons. The number of amides is 1. The first-order chi connectivity index (χ1) is 21.3. The fraction of sp³-hybridized carbons (Fsp3) is 0.345. The molecule has 0 aliphatic carbocycles. The van der Waals surface area contributed by atoms with Crippen LogP contribution in [0.15, 0.2) is 67.4 Å². The number of benzene rings is 1. The van der Waals surface area contributed by atoms with Crippen LogP contribution < -0.4 is 15.3 Å². The third kappa shape index (κ3) is 9.58. The molecule has 1 amide bonds. The van der Waals surface area contributed by atoms with Crippen molar-refractivity contribution in [3.63, 3.8) is 0 Å². The summed E-state index contributed by atoms with van der Waals surface area (Å²) in [5, 5.41) is 15.6. The summed E-state index contributed by atoms with van der Waals surface area (Å²) < 4.78 is 21.8. The van der Waals surface area contributed by atoms with E-state index in [2.05, 4.69) is 15.5 Å². The molecule has 1 atom stereocenters. The first-order valence-corrected chi connectivity index (χ1v) is 15.1. The van der Waals surface area contributed by atoms with Gasteiger partial charge in [0.25, 0.3) is 0 Å². The van der Waals surface area contributed by atoms with Gasteiger partial charge < -0.3 is 24.8 Å². The van der Waals surface area contributed by atoms with Crippen LogP contribution in [0.2, 0.25) is 0 Å². The molecular weight excluding hydrogens is 628 g/mol. The van der Waals surface area contributed by atoms with Crippen LogP contribution in [0.25, 0.3) is 0 Å². The maximum absolute atomic E-state index is 13.3. The lowest BCUT2D eigenvalue weighted by Gasteiger charge is -2.24. The van der Waals surface area contributed by atoms with Crippen LogP contribution in [0.3, 0.4) is 0 Å². The van der Waals surface area contributed by atoms with Gasteiger partial charge in [-0.3, -0.25) is 14.4 Å². The first kappa shape index (κ1) is 34.7. The Kier molecular flexibility index (Phi) is 11.7. The van der Waals surface area contributed by atoms with Gasteiger partial charge in [-0.2, -0.15) is 27.8 Å². The molecule has 14 nitrogen and oxygen atoms in total. The van der Waals surface area contributed by atoms with Crippen LogP contribution in [-0.4, -0.2) is 49.0 Å². The molecule has 0 bridgehead atoms. The van der Waals surface area contributed by atoms with Crippen LogP contribution in [0, 0.1) is 15.7 Å². The molecule has 0 aliphatic heterocycles. The van der Waals surface area contributed by atoms with E-state index in [9.17, 15) is 28.9 Å². The molecule has 0 aliphatic rings. The molecule has 3 rings (SSSR count). The van der Waals surface area contributed by atoms with E-state index in [1.807, 2.05) is 0 Å². The molecule has 2 N–H and O–H groups in total. The van der Waals surface area contributed by atoms with Gasteiger partial charge in [0.1, 0.15) is 13.2 Å². The summed E-state index contributed by atoms with van der Waals surface area (Å²) >= 11 is 2.63. The Morgan fingerprint density at radius 1 is 0.800 bits per heavy atom. The Labute approximate surface area is 265 Å². The number of nitrogens with two attached hydrogens (primary N) is 1. The Hall–Kier alpha value is -4.83. The van der Waals surface area contributed by atoms with Crippen LogP contribution in [-0.2, 0) is 30.3 Å². The van der Waals surface area contributed by atoms with Gasteiger partial charge in [0.15, 0.2) is 17.5 Å². The lowest BCUT2D eigenvalue weighted by atomic mass is 9.95. The molecule has 45 heavy (non-hydrogen) atoms. The fourth-order valence-electron chi connectivity index (χ4n) is 3.40. The van der Waals surface area contributed by atoms with Crippen LogP contribution >= 0.6 is 22.7 Å². The smallest absolute Gasteiger partial charge is 0.339 e. The molecule has 0 unspecified atom stereocenters. The highest BCUT2D eigenvalue weighted by atomic mass is 32.1. The lowest BCUT2D eigenvalue weighted by Crippen LogP contribution is -2.36. The lowest BCUT2D eigenvalue weighted by molar-refractivity contribution is -0.149. The number of carbonyl (C=O) groups excluding carboxylic acids is 5. The Balaban J connectivity index is 1.83. The van der Waals surface area contributed by atoms with E-state index in [0.29, 0.717) is 16.7 Å². The second-order valence-electron chi connectivity index (χ2n) is 10.9. The minimum Gasteiger partial charge on any atom is -0.461 e. The van der Waals surface area contributed by atoms with Crippen molar-refractivity contribution >= 4 is 52.5 Å². The minimum atomic E-state index is -1.36. The highest BCUT2D eigenvalue weighted by molar-refractivity contribution is 7.08. The fourth-order valence-corrected chi connectivity index (χ4v) is 4.65. The monoisotopic (exact) mass is 658 g/mol. The highest BCUT2D eigenvalue weighted by Gasteiger charge is 2.35. The number of ether oxygens (including phenoxy) is 4. The standard InChI is InChI=1S/C29H30N4O10S2/c1-28(2,15-40-24(35)18-7-9-44-13-18)26(37)42-21-6-5-17(11-20(31-33-30)23(34)32-39)12-22(21)43-27(38)29(3,4)16-41-25(36)19-8-10-45-14-19/h5-10,12-14,20H,11,15-16H2,1-4H3,(H2,30,31)/t20-/m0/s1. The van der Waals surface area contributed by atoms with E-state index in [1.54, 1.807) is 33.7 Å². The number of esters is 4. The number of hydrogen-bond acceptors (Lipinski definition) is 14. The van der Waals surface area contributed by atoms with Crippen LogP contribution in [0.5, 0.6) is 11.5 Å². The maximum atomic E-state index is 13.3. The second-order valence-corrected chi connectivity index (χ2v) is 12.4. The molecule has 0 radical (unpaired) electrons. The van der Waals surface area contributed by atoms with Gasteiger partial charge in [0.05, 0.1) is 22.0 Å². The average molecular weight is 659 g/mol. The third-order valence-corrected chi connectivity index (χ3v) is 7.54. The van der Waals surface area contributed by atoms with Crippen LogP contribution in [0.1, 0.15) is 54.0 Å². The molecule has 2 aromatic heterocycles. The second kappa shape index (κ2) is 15.3. The Morgan fingerprint density at radius 3 is 1.76 bits per heavy atom. The summed E-state index contributed by atoms with van der Waals surface area (Å²) in [4.78, 5) is 73.8. The summed E-state index contributed by atoms with van der Waals surface area (Å²) in [6.07, 6.45) is -0.213. The van der Waals surface area contributed by atoms with Crippen LogP contribution in [0.4, 0.5) is 0 Å². The molecule has 3 aromatic rings. The van der Waals surface area contributed by atoms with Crippen molar-refractivity contribution in [2.24, 2.45) is 32.2 Å². The zero-order valence-corrected chi connectivity index (χ0v) is 26.3. The number of rotatable bonds is 14. The van der Waals surface area contributed by atoms with Crippen molar-refractivity contribution in [3.8, 4) is 11.5 Å². The summed E-state index contributed by atoms with van der Waals surface area (Å²) in [5.74, 6) is 0.620. The SMILES string of the molecule is CC(C)(COC(=O)c1ccsc1)C(=O)Oc1ccc(C[C@H](N=NN)C(=O)N=O)cc1OC(=O)C(C)(C)COC(=O)c1ccsc1. The topological polar surface area (TPSA) is 202 Å². The van der Waals surface area contributed by atoms with E-state index in [4.69, 9.17) is 24.8 Å². The molecule has 2 heterocycles. The van der Waals surface area contributed by atoms with E-state index < -0.39 is 46.7 Å². The third-order valence-electron chi connectivity index (χ3n) is 6.17. The number of carbonyl (C=O) groups is 5. The van der Waals surface area contributed by atoms with Gasteiger partial charge in [-0.15, -0.1) is 4.91 Å². The van der Waals surface area contributed by atoms with Crippen molar-refractivity contribution in [1.29, 1.82) is 0 Å². The molecule has 0 saturated heterocycles. The van der Waals surface area contributed by atoms with Gasteiger partial charge in [-0.25, -0.2) is 9.59 Å². The Morgan fingerprint density at radius 2 is 1.31 bits per heavy atom. The van der Waals surface area contributed by atoms with E-state index in [-0.39, 0.29) is 31.1 Å². The molecule has 0 spiro atoms. The zero-order valence-electron chi connectivity index (χ0n) is 24.7. The van der Waals surface area contributed by atoms with Crippen molar-refractivity contribution in [2.45, 2.75) is 40.2 Å². The maximum Gasteiger partial charge on any atom is 0.339 e. The van der Waals surface area contributed by atoms with E-state index in [1.165, 1.54) is 68.6 Å². The number of nitroso groups, excluding NO2 is 1. The van der Waals surface area contributed by atoms with Gasteiger partial charge in [0.2, 0.25) is 0 Å². The number of nitrogens with zero attached hydrogens (tertiary/aromatic N) is 3. The van der Waals surface area contributed by atoms with E-state index >= 15 is 0 Å². The summed E-state index contributed by atoms with van der Waals surface area (Å²) in [6.45, 7) is 5.33. The van der Waals surface area contributed by atoms with Crippen molar-refractivity contribution in [3.05, 3.63) is 73.4 Å².